The number of rotatable bonds is 4. The molecule has 6 nitrogen and oxygen atoms in total. The summed E-state index contributed by atoms with van der Waals surface area (Å²) in [5.41, 5.74) is 0.348. The molecule has 1 aromatic heterocycles. The van der Waals surface area contributed by atoms with E-state index in [1.54, 1.807) is 0 Å². The van der Waals surface area contributed by atoms with E-state index < -0.39 is 0 Å². The minimum absolute atomic E-state index is 0.156. The molecule has 1 aromatic rings. The van der Waals surface area contributed by atoms with Crippen LogP contribution in [0.2, 0.25) is 0 Å². The lowest BCUT2D eigenvalue weighted by Crippen LogP contribution is -2.40. The first-order valence-electron chi connectivity index (χ1n) is 5.69. The molecular weight excluding hydrogens is 206 g/mol. The molecule has 2 heterocycles. The maximum Gasteiger partial charge on any atom is 0.273 e. The number of nitrogens with zero attached hydrogens (tertiary/aromatic N) is 3. The van der Waals surface area contributed by atoms with Crippen LogP contribution in [0, 0.1) is 0 Å². The van der Waals surface area contributed by atoms with Crippen molar-refractivity contribution in [2.45, 2.75) is 25.8 Å². The zero-order valence-corrected chi connectivity index (χ0v) is 9.44. The van der Waals surface area contributed by atoms with Crippen molar-refractivity contribution in [3.05, 3.63) is 11.9 Å². The lowest BCUT2D eigenvalue weighted by molar-refractivity contribution is 0.0936. The first-order valence-corrected chi connectivity index (χ1v) is 5.69. The van der Waals surface area contributed by atoms with Crippen molar-refractivity contribution < 1.29 is 4.79 Å². The third-order valence-electron chi connectivity index (χ3n) is 3.05. The van der Waals surface area contributed by atoms with Crippen LogP contribution >= 0.6 is 0 Å². The summed E-state index contributed by atoms with van der Waals surface area (Å²) in [6.07, 6.45) is 3.81. The zero-order chi connectivity index (χ0) is 11.4. The Morgan fingerprint density at radius 2 is 2.62 bits per heavy atom. The fraction of sp³-hybridized carbons (Fsp3) is 0.700. The fourth-order valence-electron chi connectivity index (χ4n) is 2.15. The molecule has 0 aliphatic carbocycles. The fourth-order valence-corrected chi connectivity index (χ4v) is 2.15. The minimum atomic E-state index is -0.156. The molecule has 2 rings (SSSR count). The van der Waals surface area contributed by atoms with E-state index in [0.29, 0.717) is 18.3 Å². The molecule has 0 unspecified atom stereocenters. The van der Waals surface area contributed by atoms with Gasteiger partial charge in [0, 0.05) is 12.6 Å². The Morgan fingerprint density at radius 3 is 3.31 bits per heavy atom. The van der Waals surface area contributed by atoms with Crippen molar-refractivity contribution in [2.24, 2.45) is 0 Å². The number of hydrogen-bond donors (Lipinski definition) is 2. The van der Waals surface area contributed by atoms with Gasteiger partial charge in [-0.15, -0.1) is 0 Å². The van der Waals surface area contributed by atoms with Crippen molar-refractivity contribution in [1.29, 1.82) is 0 Å². The number of carbonyl (C=O) groups is 1. The average molecular weight is 223 g/mol. The van der Waals surface area contributed by atoms with Gasteiger partial charge in [-0.25, -0.2) is 0 Å². The van der Waals surface area contributed by atoms with Gasteiger partial charge in [0.1, 0.15) is 0 Å². The van der Waals surface area contributed by atoms with Crippen LogP contribution in [0.15, 0.2) is 6.20 Å². The van der Waals surface area contributed by atoms with Crippen LogP contribution in [0.5, 0.6) is 0 Å². The summed E-state index contributed by atoms with van der Waals surface area (Å²) in [7, 11) is 0. The molecule has 0 bridgehead atoms. The van der Waals surface area contributed by atoms with Gasteiger partial charge >= 0.3 is 0 Å². The number of H-pyrrole nitrogens is 1. The summed E-state index contributed by atoms with van der Waals surface area (Å²) in [6.45, 7) is 5.03. The topological polar surface area (TPSA) is 73.9 Å². The largest absolute Gasteiger partial charge is 0.349 e. The molecule has 0 spiro atoms. The molecule has 6 heteroatoms. The highest BCUT2D eigenvalue weighted by Crippen LogP contribution is 2.15. The average Bonchev–Trinajstić information content (AvgIpc) is 2.96. The standard InChI is InChI=1S/C10H17N5O/c1-2-15-5-3-4-8(15)6-11-10(16)9-7-12-14-13-9/h7-8H,2-6H2,1H3,(H,11,16)(H,12,13,14)/t8-/m0/s1. The summed E-state index contributed by atoms with van der Waals surface area (Å²) in [5, 5.41) is 12.7. The number of likely N-dealkylation sites (N-methyl/N-ethyl adjacent to an activating group) is 1. The predicted molar refractivity (Wildman–Crippen MR) is 59.0 cm³/mol. The Hall–Kier alpha value is -1.43. The molecule has 0 aromatic carbocycles. The molecule has 1 amide bonds. The Morgan fingerprint density at radius 1 is 1.75 bits per heavy atom. The predicted octanol–water partition coefficient (Wildman–Crippen LogP) is 0.0188. The van der Waals surface area contributed by atoms with Crippen LogP contribution in [-0.4, -0.2) is 51.9 Å². The molecule has 1 fully saturated rings. The Kier molecular flexibility index (Phi) is 3.51. The molecule has 2 N–H and O–H groups in total. The van der Waals surface area contributed by atoms with Crippen LogP contribution in [0.3, 0.4) is 0 Å². The summed E-state index contributed by atoms with van der Waals surface area (Å²) in [6, 6.07) is 0.473. The second kappa shape index (κ2) is 5.07. The molecule has 88 valence electrons. The van der Waals surface area contributed by atoms with Gasteiger partial charge in [-0.05, 0) is 25.9 Å². The van der Waals surface area contributed by atoms with Gasteiger partial charge in [0.25, 0.3) is 5.91 Å². The first-order chi connectivity index (χ1) is 7.81. The van der Waals surface area contributed by atoms with Gasteiger partial charge < -0.3 is 5.32 Å². The van der Waals surface area contributed by atoms with Crippen molar-refractivity contribution in [1.82, 2.24) is 25.6 Å². The first kappa shape index (κ1) is 11.1. The zero-order valence-electron chi connectivity index (χ0n) is 9.44. The summed E-state index contributed by atoms with van der Waals surface area (Å²) >= 11 is 0. The maximum atomic E-state index is 11.6. The third kappa shape index (κ3) is 2.38. The molecule has 1 saturated heterocycles. The summed E-state index contributed by atoms with van der Waals surface area (Å²) in [5.74, 6) is -0.156. The van der Waals surface area contributed by atoms with Crippen molar-refractivity contribution in [2.75, 3.05) is 19.6 Å². The van der Waals surface area contributed by atoms with E-state index in [0.717, 1.165) is 19.5 Å². The monoisotopic (exact) mass is 223 g/mol. The van der Waals surface area contributed by atoms with Crippen molar-refractivity contribution in [3.63, 3.8) is 0 Å². The molecule has 1 aliphatic rings. The van der Waals surface area contributed by atoms with Crippen LogP contribution in [0.25, 0.3) is 0 Å². The number of nitrogens with one attached hydrogen (secondary N) is 2. The highest BCUT2D eigenvalue weighted by Gasteiger charge is 2.23. The van der Waals surface area contributed by atoms with Gasteiger partial charge in [0.05, 0.1) is 6.20 Å². The summed E-state index contributed by atoms with van der Waals surface area (Å²) < 4.78 is 0. The van der Waals surface area contributed by atoms with Gasteiger partial charge in [-0.2, -0.15) is 15.4 Å². The molecular formula is C10H17N5O. The normalized spacial score (nSPS) is 21.2. The van der Waals surface area contributed by atoms with Gasteiger partial charge in [-0.1, -0.05) is 6.92 Å². The number of hydrogen-bond acceptors (Lipinski definition) is 4. The van der Waals surface area contributed by atoms with Crippen LogP contribution in [0.1, 0.15) is 30.3 Å². The summed E-state index contributed by atoms with van der Waals surface area (Å²) in [4.78, 5) is 14.0. The van der Waals surface area contributed by atoms with Gasteiger partial charge in [0.15, 0.2) is 5.69 Å². The van der Waals surface area contributed by atoms with Crippen LogP contribution < -0.4 is 5.32 Å². The van der Waals surface area contributed by atoms with E-state index in [2.05, 4.69) is 32.6 Å². The van der Waals surface area contributed by atoms with Gasteiger partial charge in [-0.3, -0.25) is 9.69 Å². The number of carbonyl (C=O) groups excluding carboxylic acids is 1. The second-order valence-corrected chi connectivity index (χ2v) is 3.99. The lowest BCUT2D eigenvalue weighted by Gasteiger charge is -2.22. The molecule has 16 heavy (non-hydrogen) atoms. The Bertz CT molecular complexity index is 337. The van der Waals surface area contributed by atoms with Crippen LogP contribution in [0.4, 0.5) is 0 Å². The second-order valence-electron chi connectivity index (χ2n) is 3.99. The van der Waals surface area contributed by atoms with E-state index in [1.807, 2.05) is 0 Å². The number of aromatic nitrogens is 3. The third-order valence-corrected chi connectivity index (χ3v) is 3.05. The van der Waals surface area contributed by atoms with Crippen molar-refractivity contribution >= 4 is 5.91 Å². The number of likely N-dealkylation sites (tertiary alicyclic amines) is 1. The molecule has 1 atom stereocenters. The SMILES string of the molecule is CCN1CCC[C@H]1CNC(=O)c1cn[nH]n1. The lowest BCUT2D eigenvalue weighted by atomic mass is 10.2. The number of amides is 1. The quantitative estimate of drug-likeness (QED) is 0.754. The Balaban J connectivity index is 1.81. The smallest absolute Gasteiger partial charge is 0.273 e. The van der Waals surface area contributed by atoms with Crippen molar-refractivity contribution in [3.8, 4) is 0 Å². The highest BCUT2D eigenvalue weighted by molar-refractivity contribution is 5.91. The van der Waals surface area contributed by atoms with Crippen LogP contribution in [-0.2, 0) is 0 Å². The number of aromatic amines is 1. The van der Waals surface area contributed by atoms with E-state index in [9.17, 15) is 4.79 Å². The maximum absolute atomic E-state index is 11.6. The Labute approximate surface area is 94.4 Å². The molecule has 1 aliphatic heterocycles. The van der Waals surface area contributed by atoms with E-state index in [4.69, 9.17) is 0 Å². The molecule has 0 radical (unpaired) electrons. The van der Waals surface area contributed by atoms with Gasteiger partial charge in [0.2, 0.25) is 0 Å². The van der Waals surface area contributed by atoms with E-state index in [1.165, 1.54) is 12.6 Å². The van der Waals surface area contributed by atoms with E-state index in [-0.39, 0.29) is 5.91 Å². The minimum Gasteiger partial charge on any atom is -0.349 e. The highest BCUT2D eigenvalue weighted by atomic mass is 16.2. The van der Waals surface area contributed by atoms with E-state index >= 15 is 0 Å². The molecule has 0 saturated carbocycles.